The molecule has 2 aromatic rings. The Kier molecular flexibility index (Phi) is 5.77. The minimum Gasteiger partial charge on any atom is -0.481 e. The first kappa shape index (κ1) is 18.5. The summed E-state index contributed by atoms with van der Waals surface area (Å²) >= 11 is 0. The summed E-state index contributed by atoms with van der Waals surface area (Å²) in [7, 11) is 0. The van der Waals surface area contributed by atoms with Crippen molar-refractivity contribution in [1.29, 1.82) is 5.41 Å². The lowest BCUT2D eigenvalue weighted by Crippen LogP contribution is -2.28. The third kappa shape index (κ3) is 4.68. The zero-order chi connectivity index (χ0) is 19.2. The first-order chi connectivity index (χ1) is 13.0. The van der Waals surface area contributed by atoms with Gasteiger partial charge in [0.25, 0.3) is 5.91 Å². The molecule has 0 spiro atoms. The fourth-order valence-electron chi connectivity index (χ4n) is 3.08. The molecule has 0 atom stereocenters. The first-order valence-corrected chi connectivity index (χ1v) is 9.00. The SMILES string of the molecule is Cc1cc(C#CCOc2cccc(C(=N)N)c2)ccc1C(=O)N1CCCC1. The van der Waals surface area contributed by atoms with Crippen molar-refractivity contribution in [3.63, 3.8) is 0 Å². The second-order valence-electron chi connectivity index (χ2n) is 6.56. The molecule has 1 aliphatic heterocycles. The van der Waals surface area contributed by atoms with Gasteiger partial charge in [-0.3, -0.25) is 10.2 Å². The van der Waals surface area contributed by atoms with E-state index >= 15 is 0 Å². The first-order valence-electron chi connectivity index (χ1n) is 9.00. The van der Waals surface area contributed by atoms with E-state index < -0.39 is 0 Å². The van der Waals surface area contributed by atoms with Gasteiger partial charge in [0.05, 0.1) is 0 Å². The third-order valence-electron chi connectivity index (χ3n) is 4.54. The zero-order valence-electron chi connectivity index (χ0n) is 15.4. The predicted octanol–water partition coefficient (Wildman–Crippen LogP) is 2.95. The molecule has 0 aliphatic carbocycles. The van der Waals surface area contributed by atoms with Crippen LogP contribution in [-0.2, 0) is 0 Å². The molecule has 27 heavy (non-hydrogen) atoms. The lowest BCUT2D eigenvalue weighted by molar-refractivity contribution is 0.0792. The van der Waals surface area contributed by atoms with Crippen LogP contribution in [0, 0.1) is 24.2 Å². The van der Waals surface area contributed by atoms with Crippen LogP contribution in [0.5, 0.6) is 5.75 Å². The lowest BCUT2D eigenvalue weighted by Gasteiger charge is -2.16. The van der Waals surface area contributed by atoms with Crippen LogP contribution in [0.2, 0.25) is 0 Å². The van der Waals surface area contributed by atoms with Crippen molar-refractivity contribution in [3.8, 4) is 17.6 Å². The molecule has 1 heterocycles. The molecular weight excluding hydrogens is 338 g/mol. The zero-order valence-corrected chi connectivity index (χ0v) is 15.4. The van der Waals surface area contributed by atoms with Gasteiger partial charge in [-0.1, -0.05) is 24.0 Å². The number of aryl methyl sites for hydroxylation is 1. The number of carbonyl (C=O) groups is 1. The minimum absolute atomic E-state index is 0.00516. The Morgan fingerprint density at radius 2 is 2.00 bits per heavy atom. The van der Waals surface area contributed by atoms with E-state index in [1.54, 1.807) is 24.3 Å². The molecule has 1 aliphatic rings. The number of nitrogens with zero attached hydrogens (tertiary/aromatic N) is 1. The second kappa shape index (κ2) is 8.41. The molecule has 5 nitrogen and oxygen atoms in total. The second-order valence-corrected chi connectivity index (χ2v) is 6.56. The standard InChI is InChI=1S/C22H23N3O2/c1-16-14-17(9-10-20(16)22(26)25-11-2-3-12-25)6-5-13-27-19-8-4-7-18(15-19)21(23)24/h4,7-10,14-15H,2-3,11-13H2,1H3,(H3,23,24). The number of hydrogen-bond acceptors (Lipinski definition) is 3. The van der Waals surface area contributed by atoms with Gasteiger partial charge in [-0.25, -0.2) is 0 Å². The highest BCUT2D eigenvalue weighted by Crippen LogP contribution is 2.17. The van der Waals surface area contributed by atoms with Crippen molar-refractivity contribution in [2.75, 3.05) is 19.7 Å². The molecule has 0 saturated carbocycles. The Hall–Kier alpha value is -3.26. The topological polar surface area (TPSA) is 79.4 Å². The van der Waals surface area contributed by atoms with Crippen molar-refractivity contribution in [3.05, 3.63) is 64.7 Å². The maximum absolute atomic E-state index is 12.5. The van der Waals surface area contributed by atoms with Gasteiger partial charge in [0.15, 0.2) is 0 Å². The Labute approximate surface area is 159 Å². The number of benzene rings is 2. The summed E-state index contributed by atoms with van der Waals surface area (Å²) in [6, 6.07) is 12.7. The van der Waals surface area contributed by atoms with E-state index in [9.17, 15) is 4.79 Å². The molecule has 5 heteroatoms. The number of nitrogen functional groups attached to an aromatic ring is 1. The Bertz CT molecular complexity index is 919. The van der Waals surface area contributed by atoms with Crippen molar-refractivity contribution in [2.24, 2.45) is 5.73 Å². The fraction of sp³-hybridized carbons (Fsp3) is 0.273. The van der Waals surface area contributed by atoms with Gasteiger partial charge in [-0.05, 0) is 55.7 Å². The van der Waals surface area contributed by atoms with Gasteiger partial charge in [0.1, 0.15) is 18.2 Å². The molecule has 0 unspecified atom stereocenters. The van der Waals surface area contributed by atoms with Gasteiger partial charge in [0, 0.05) is 29.8 Å². The summed E-state index contributed by atoms with van der Waals surface area (Å²) in [5, 5.41) is 7.45. The van der Waals surface area contributed by atoms with Gasteiger partial charge in [-0.15, -0.1) is 0 Å². The fourth-order valence-corrected chi connectivity index (χ4v) is 3.08. The van der Waals surface area contributed by atoms with Crippen LogP contribution in [0.1, 0.15) is 39.9 Å². The highest BCUT2D eigenvalue weighted by molar-refractivity contribution is 5.96. The molecule has 0 aromatic heterocycles. The number of carbonyl (C=O) groups excluding carboxylic acids is 1. The minimum atomic E-state index is 0.00516. The van der Waals surface area contributed by atoms with E-state index in [2.05, 4.69) is 11.8 Å². The van der Waals surface area contributed by atoms with Crippen LogP contribution >= 0.6 is 0 Å². The van der Waals surface area contributed by atoms with Gasteiger partial charge in [-0.2, -0.15) is 0 Å². The number of nitrogens with two attached hydrogens (primary N) is 1. The monoisotopic (exact) mass is 361 g/mol. The van der Waals surface area contributed by atoms with E-state index in [0.717, 1.165) is 42.6 Å². The highest BCUT2D eigenvalue weighted by atomic mass is 16.5. The maximum Gasteiger partial charge on any atom is 0.254 e. The summed E-state index contributed by atoms with van der Waals surface area (Å²) in [5.74, 6) is 6.78. The largest absolute Gasteiger partial charge is 0.481 e. The number of hydrogen-bond donors (Lipinski definition) is 2. The van der Waals surface area contributed by atoms with Gasteiger partial charge >= 0.3 is 0 Å². The van der Waals surface area contributed by atoms with Crippen molar-refractivity contribution >= 4 is 11.7 Å². The van der Waals surface area contributed by atoms with E-state index in [-0.39, 0.29) is 18.3 Å². The van der Waals surface area contributed by atoms with Crippen LogP contribution < -0.4 is 10.5 Å². The van der Waals surface area contributed by atoms with Crippen molar-refractivity contribution < 1.29 is 9.53 Å². The quantitative estimate of drug-likeness (QED) is 0.499. The Morgan fingerprint density at radius 3 is 2.70 bits per heavy atom. The van der Waals surface area contributed by atoms with Crippen molar-refractivity contribution in [2.45, 2.75) is 19.8 Å². The summed E-state index contributed by atoms with van der Waals surface area (Å²) < 4.78 is 5.59. The number of ether oxygens (including phenoxy) is 1. The molecule has 0 radical (unpaired) electrons. The Morgan fingerprint density at radius 1 is 1.22 bits per heavy atom. The Balaban J connectivity index is 1.62. The summed E-state index contributed by atoms with van der Waals surface area (Å²) in [6.45, 7) is 3.87. The normalized spacial score (nSPS) is 13.0. The average Bonchev–Trinajstić information content (AvgIpc) is 3.20. The van der Waals surface area contributed by atoms with Crippen molar-refractivity contribution in [1.82, 2.24) is 4.90 Å². The van der Waals surface area contributed by atoms with E-state index in [1.165, 1.54) is 0 Å². The lowest BCUT2D eigenvalue weighted by atomic mass is 10.0. The molecule has 1 amide bonds. The molecule has 2 aromatic carbocycles. The summed E-state index contributed by atoms with van der Waals surface area (Å²) in [4.78, 5) is 14.4. The molecule has 138 valence electrons. The van der Waals surface area contributed by atoms with E-state index in [1.807, 2.05) is 30.0 Å². The number of amidine groups is 1. The smallest absolute Gasteiger partial charge is 0.254 e. The number of amides is 1. The summed E-state index contributed by atoms with van der Waals surface area (Å²) in [6.07, 6.45) is 2.17. The predicted molar refractivity (Wildman–Crippen MR) is 106 cm³/mol. The number of nitrogens with one attached hydrogen (secondary N) is 1. The number of likely N-dealkylation sites (tertiary alicyclic amines) is 1. The highest BCUT2D eigenvalue weighted by Gasteiger charge is 2.20. The third-order valence-corrected chi connectivity index (χ3v) is 4.54. The van der Waals surface area contributed by atoms with E-state index in [4.69, 9.17) is 15.9 Å². The van der Waals surface area contributed by atoms with E-state index in [0.29, 0.717) is 11.3 Å². The van der Waals surface area contributed by atoms with Crippen LogP contribution in [0.15, 0.2) is 42.5 Å². The van der Waals surface area contributed by atoms with Crippen LogP contribution in [0.4, 0.5) is 0 Å². The maximum atomic E-state index is 12.5. The van der Waals surface area contributed by atoms with Crippen LogP contribution in [0.25, 0.3) is 0 Å². The van der Waals surface area contributed by atoms with Crippen LogP contribution in [-0.4, -0.2) is 36.3 Å². The average molecular weight is 361 g/mol. The molecule has 3 rings (SSSR count). The van der Waals surface area contributed by atoms with Gasteiger partial charge in [0.2, 0.25) is 0 Å². The molecule has 1 fully saturated rings. The summed E-state index contributed by atoms with van der Waals surface area (Å²) in [5.41, 5.74) is 8.64. The molecule has 3 N–H and O–H groups in total. The van der Waals surface area contributed by atoms with Crippen LogP contribution in [0.3, 0.4) is 0 Å². The van der Waals surface area contributed by atoms with Gasteiger partial charge < -0.3 is 15.4 Å². The molecular formula is C22H23N3O2. The number of rotatable bonds is 4. The molecule has 0 bridgehead atoms. The molecule has 1 saturated heterocycles.